The molecule has 0 radical (unpaired) electrons. The topological polar surface area (TPSA) is 27.6 Å². The molecule has 2 aliphatic rings. The summed E-state index contributed by atoms with van der Waals surface area (Å²) in [6.45, 7) is 7.18. The monoisotopic (exact) mass is 289 g/mol. The van der Waals surface area contributed by atoms with Crippen LogP contribution >= 0.6 is 11.6 Å². The lowest BCUT2D eigenvalue weighted by atomic mass is 9.93. The van der Waals surface area contributed by atoms with Gasteiger partial charge in [-0.3, -0.25) is 0 Å². The number of allylic oxidation sites excluding steroid dienone is 2. The van der Waals surface area contributed by atoms with Crippen molar-refractivity contribution in [3.8, 4) is 0 Å². The molecule has 0 saturated carbocycles. The molecule has 20 heavy (non-hydrogen) atoms. The molecule has 2 heterocycles. The van der Waals surface area contributed by atoms with Gasteiger partial charge >= 0.3 is 0 Å². The van der Waals surface area contributed by atoms with Crippen molar-refractivity contribution in [2.45, 2.75) is 38.5 Å². The zero-order valence-electron chi connectivity index (χ0n) is 12.2. The van der Waals surface area contributed by atoms with E-state index >= 15 is 0 Å². The van der Waals surface area contributed by atoms with Crippen LogP contribution in [0.4, 0.5) is 0 Å². The summed E-state index contributed by atoms with van der Waals surface area (Å²) in [5.41, 5.74) is 4.98. The van der Waals surface area contributed by atoms with Crippen molar-refractivity contribution in [2.24, 2.45) is 4.99 Å². The average Bonchev–Trinajstić information content (AvgIpc) is 2.44. The van der Waals surface area contributed by atoms with E-state index in [1.807, 2.05) is 20.1 Å². The molecule has 0 aliphatic carbocycles. The molecule has 3 nitrogen and oxygen atoms in total. The highest BCUT2D eigenvalue weighted by Gasteiger charge is 2.41. The lowest BCUT2D eigenvalue weighted by Gasteiger charge is -2.45. The van der Waals surface area contributed by atoms with Crippen LogP contribution in [0.3, 0.4) is 0 Å². The molecular formula is C16H20ClN3. The molecule has 0 fully saturated rings. The van der Waals surface area contributed by atoms with Crippen molar-refractivity contribution in [3.63, 3.8) is 0 Å². The molecule has 0 amide bonds. The fourth-order valence-electron chi connectivity index (χ4n) is 2.97. The smallest absolute Gasteiger partial charge is 0.268 e. The van der Waals surface area contributed by atoms with E-state index in [1.165, 1.54) is 11.1 Å². The molecule has 1 aromatic carbocycles. The van der Waals surface area contributed by atoms with Gasteiger partial charge in [-0.05, 0) is 43.9 Å². The third kappa shape index (κ3) is 2.15. The molecular weight excluding hydrogens is 270 g/mol. The summed E-state index contributed by atoms with van der Waals surface area (Å²) in [6, 6.07) is 8.83. The highest BCUT2D eigenvalue weighted by atomic mass is 35.5. The minimum absolute atomic E-state index is 0.244. The van der Waals surface area contributed by atoms with Crippen LogP contribution in [0.5, 0.6) is 0 Å². The fourth-order valence-corrected chi connectivity index (χ4v) is 3.39. The van der Waals surface area contributed by atoms with E-state index < -0.39 is 5.25 Å². The second-order valence-corrected chi connectivity index (χ2v) is 6.12. The molecule has 0 spiro atoms. The second kappa shape index (κ2) is 4.90. The minimum atomic E-state index is -0.865. The molecule has 2 aliphatic heterocycles. The van der Waals surface area contributed by atoms with Crippen molar-refractivity contribution < 1.29 is 0 Å². The van der Waals surface area contributed by atoms with Gasteiger partial charge in [0.05, 0.1) is 0 Å². The van der Waals surface area contributed by atoms with Crippen LogP contribution in [0.1, 0.15) is 37.9 Å². The summed E-state index contributed by atoms with van der Waals surface area (Å²) in [4.78, 5) is 6.76. The van der Waals surface area contributed by atoms with Crippen LogP contribution in [0.25, 0.3) is 0 Å². The van der Waals surface area contributed by atoms with Crippen molar-refractivity contribution in [1.82, 2.24) is 10.2 Å². The summed E-state index contributed by atoms with van der Waals surface area (Å²) in [6.07, 6.45) is 2.87. The number of rotatable bonds is 1. The Kier molecular flexibility index (Phi) is 3.35. The summed E-state index contributed by atoms with van der Waals surface area (Å²) in [5, 5.41) is 2.48. The van der Waals surface area contributed by atoms with Crippen molar-refractivity contribution in [2.75, 3.05) is 6.54 Å². The van der Waals surface area contributed by atoms with Gasteiger partial charge in [-0.2, -0.15) is 0 Å². The van der Waals surface area contributed by atoms with Gasteiger partial charge < -0.3 is 5.32 Å². The van der Waals surface area contributed by atoms with E-state index in [0.29, 0.717) is 0 Å². The van der Waals surface area contributed by atoms with Gasteiger partial charge in [0.25, 0.3) is 5.25 Å². The van der Waals surface area contributed by atoms with E-state index in [4.69, 9.17) is 11.6 Å². The number of hydrogen-bond acceptors (Lipinski definition) is 3. The Morgan fingerprint density at radius 1 is 1.35 bits per heavy atom. The Labute approximate surface area is 125 Å². The first kappa shape index (κ1) is 13.7. The Morgan fingerprint density at radius 2 is 2.10 bits per heavy atom. The predicted molar refractivity (Wildman–Crippen MR) is 83.9 cm³/mol. The van der Waals surface area contributed by atoms with Crippen molar-refractivity contribution in [3.05, 3.63) is 46.7 Å². The van der Waals surface area contributed by atoms with Crippen molar-refractivity contribution in [1.29, 1.82) is 0 Å². The number of benzene rings is 1. The fraction of sp³-hybridized carbons (Fsp3) is 0.438. The van der Waals surface area contributed by atoms with E-state index in [0.717, 1.165) is 24.2 Å². The van der Waals surface area contributed by atoms with E-state index in [-0.39, 0.29) is 6.04 Å². The van der Waals surface area contributed by atoms with Crippen LogP contribution in [-0.4, -0.2) is 22.9 Å². The first-order valence-electron chi connectivity index (χ1n) is 7.05. The Bertz CT molecular complexity index is 593. The number of aliphatic imine (C=N–C) groups is 1. The van der Waals surface area contributed by atoms with E-state index in [9.17, 15) is 0 Å². The number of nitrogens with zero attached hydrogens (tertiary/aromatic N) is 2. The molecule has 1 unspecified atom stereocenters. The highest BCUT2D eigenvalue weighted by Crippen LogP contribution is 2.37. The van der Waals surface area contributed by atoms with Gasteiger partial charge in [-0.15, -0.1) is 0 Å². The van der Waals surface area contributed by atoms with Crippen LogP contribution in [0.15, 0.2) is 40.5 Å². The number of hydrogen-bond donors (Lipinski definition) is 1. The van der Waals surface area contributed by atoms with Gasteiger partial charge in [0, 0.05) is 24.5 Å². The summed E-state index contributed by atoms with van der Waals surface area (Å²) in [5.74, 6) is 0. The first-order valence-corrected chi connectivity index (χ1v) is 7.43. The normalized spacial score (nSPS) is 30.1. The third-order valence-electron chi connectivity index (χ3n) is 4.34. The molecule has 0 bridgehead atoms. The van der Waals surface area contributed by atoms with Gasteiger partial charge in [0.15, 0.2) is 0 Å². The molecule has 106 valence electrons. The van der Waals surface area contributed by atoms with Gasteiger partial charge in [-0.1, -0.05) is 35.9 Å². The van der Waals surface area contributed by atoms with E-state index in [2.05, 4.69) is 46.4 Å². The molecule has 0 aromatic heterocycles. The Morgan fingerprint density at radius 3 is 2.85 bits per heavy atom. The summed E-state index contributed by atoms with van der Waals surface area (Å²) < 4.78 is 0. The average molecular weight is 290 g/mol. The number of fused-ring (bicyclic) bond motifs is 1. The maximum atomic E-state index is 6.76. The number of alkyl halides is 1. The van der Waals surface area contributed by atoms with Gasteiger partial charge in [-0.25, -0.2) is 9.89 Å². The predicted octanol–water partition coefficient (Wildman–Crippen LogP) is 3.42. The Balaban J connectivity index is 1.92. The first-order chi connectivity index (χ1) is 9.51. The lowest BCUT2D eigenvalue weighted by molar-refractivity contribution is 0.0895. The van der Waals surface area contributed by atoms with Crippen LogP contribution in [0.2, 0.25) is 0 Å². The summed E-state index contributed by atoms with van der Waals surface area (Å²) in [7, 11) is 0. The van der Waals surface area contributed by atoms with Crippen LogP contribution in [0, 0.1) is 0 Å². The largest absolute Gasteiger partial charge is 0.339 e. The van der Waals surface area contributed by atoms with Crippen molar-refractivity contribution >= 4 is 17.8 Å². The lowest BCUT2D eigenvalue weighted by Crippen LogP contribution is -2.56. The SMILES string of the molecule is CC1=C(C)N[C@@](Cl)(N2CCc3ccccc3C2C)N=C1. The zero-order chi connectivity index (χ0) is 14.3. The Hall–Kier alpha value is -1.32. The molecule has 1 aromatic rings. The highest BCUT2D eigenvalue weighted by molar-refractivity contribution is 6.24. The van der Waals surface area contributed by atoms with Crippen LogP contribution < -0.4 is 5.32 Å². The van der Waals surface area contributed by atoms with Gasteiger partial charge in [0.1, 0.15) is 0 Å². The summed E-state index contributed by atoms with van der Waals surface area (Å²) >= 11 is 6.76. The molecule has 0 saturated heterocycles. The zero-order valence-corrected chi connectivity index (χ0v) is 12.9. The number of halogens is 1. The quantitative estimate of drug-likeness (QED) is 0.634. The molecule has 2 atom stereocenters. The molecule has 1 N–H and O–H groups in total. The van der Waals surface area contributed by atoms with Crippen LogP contribution in [-0.2, 0) is 6.42 Å². The van der Waals surface area contributed by atoms with Gasteiger partial charge in [0.2, 0.25) is 0 Å². The maximum Gasteiger partial charge on any atom is 0.268 e. The van der Waals surface area contributed by atoms with E-state index in [1.54, 1.807) is 0 Å². The third-order valence-corrected chi connectivity index (χ3v) is 4.75. The number of nitrogens with one attached hydrogen (secondary N) is 1. The standard InChI is InChI=1S/C16H20ClN3/c1-11-10-18-16(17,19-12(11)2)20-9-8-14-6-4-5-7-15(14)13(20)3/h4-7,10,13,19H,8-9H2,1-3H3/t13?,16-/m0/s1. The molecule has 4 heteroatoms. The molecule has 3 rings (SSSR count). The second-order valence-electron chi connectivity index (χ2n) is 5.60. The minimum Gasteiger partial charge on any atom is -0.339 e. The maximum absolute atomic E-state index is 6.76.